The third kappa shape index (κ3) is 3.41. The van der Waals surface area contributed by atoms with Crippen molar-refractivity contribution in [2.24, 2.45) is 0 Å². The lowest BCUT2D eigenvalue weighted by atomic mass is 10.0. The Morgan fingerprint density at radius 1 is 1.22 bits per heavy atom. The number of benzene rings is 2. The number of halogens is 1. The number of carbonyl (C=O) groups is 1. The maximum atomic E-state index is 12.5. The van der Waals surface area contributed by atoms with Gasteiger partial charge in [0.1, 0.15) is 5.75 Å². The highest BCUT2D eigenvalue weighted by atomic mass is 79.9. The molecular formula is C18H19BrN2O2. The van der Waals surface area contributed by atoms with Gasteiger partial charge < -0.3 is 15.4 Å². The average molecular weight is 375 g/mol. The zero-order chi connectivity index (χ0) is 16.4. The molecule has 0 spiro atoms. The van der Waals surface area contributed by atoms with E-state index in [-0.39, 0.29) is 11.9 Å². The Labute approximate surface area is 144 Å². The summed E-state index contributed by atoms with van der Waals surface area (Å²) in [4.78, 5) is 12.5. The molecule has 1 heterocycles. The lowest BCUT2D eigenvalue weighted by Gasteiger charge is -2.16. The molecule has 2 aromatic rings. The van der Waals surface area contributed by atoms with Crippen LogP contribution >= 0.6 is 15.9 Å². The van der Waals surface area contributed by atoms with E-state index in [4.69, 9.17) is 4.74 Å². The van der Waals surface area contributed by atoms with Crippen molar-refractivity contribution in [1.29, 1.82) is 0 Å². The number of hydrogen-bond acceptors (Lipinski definition) is 3. The highest BCUT2D eigenvalue weighted by Crippen LogP contribution is 2.28. The first-order valence-corrected chi connectivity index (χ1v) is 8.34. The molecule has 4 nitrogen and oxygen atoms in total. The van der Waals surface area contributed by atoms with Crippen LogP contribution in [0.3, 0.4) is 0 Å². The summed E-state index contributed by atoms with van der Waals surface area (Å²) in [5, 5.41) is 6.34. The molecule has 2 aromatic carbocycles. The molecule has 3 rings (SSSR count). The van der Waals surface area contributed by atoms with Crippen LogP contribution in [0.25, 0.3) is 0 Å². The van der Waals surface area contributed by atoms with Gasteiger partial charge in [0.15, 0.2) is 0 Å². The lowest BCUT2D eigenvalue weighted by Crippen LogP contribution is -2.26. The Balaban J connectivity index is 1.73. The molecule has 23 heavy (non-hydrogen) atoms. The smallest absolute Gasteiger partial charge is 0.251 e. The van der Waals surface area contributed by atoms with E-state index in [9.17, 15) is 4.79 Å². The lowest BCUT2D eigenvalue weighted by molar-refractivity contribution is 0.0940. The Kier molecular flexibility index (Phi) is 4.68. The molecule has 2 N–H and O–H groups in total. The van der Waals surface area contributed by atoms with E-state index in [1.165, 1.54) is 11.1 Å². The van der Waals surface area contributed by atoms with Crippen molar-refractivity contribution in [2.45, 2.75) is 26.1 Å². The van der Waals surface area contributed by atoms with E-state index >= 15 is 0 Å². The number of methoxy groups -OCH3 is 1. The largest absolute Gasteiger partial charge is 0.496 e. The Hall–Kier alpha value is -1.85. The van der Waals surface area contributed by atoms with Crippen LogP contribution in [-0.4, -0.2) is 13.0 Å². The van der Waals surface area contributed by atoms with Crippen molar-refractivity contribution in [3.05, 3.63) is 63.1 Å². The van der Waals surface area contributed by atoms with Gasteiger partial charge >= 0.3 is 0 Å². The predicted octanol–water partition coefficient (Wildman–Crippen LogP) is 3.55. The van der Waals surface area contributed by atoms with Crippen molar-refractivity contribution in [3.63, 3.8) is 0 Å². The minimum absolute atomic E-state index is 0.0564. The van der Waals surface area contributed by atoms with Crippen molar-refractivity contribution >= 4 is 21.8 Å². The molecule has 120 valence electrons. The molecule has 0 fully saturated rings. The first-order chi connectivity index (χ1) is 11.1. The topological polar surface area (TPSA) is 50.4 Å². The molecule has 1 atom stereocenters. The molecular weight excluding hydrogens is 356 g/mol. The summed E-state index contributed by atoms with van der Waals surface area (Å²) in [6.07, 6.45) is 0. The fraction of sp³-hybridized carbons (Fsp3) is 0.278. The van der Waals surface area contributed by atoms with Crippen molar-refractivity contribution in [1.82, 2.24) is 10.6 Å². The maximum Gasteiger partial charge on any atom is 0.251 e. The minimum Gasteiger partial charge on any atom is -0.496 e. The molecule has 1 unspecified atom stereocenters. The first kappa shape index (κ1) is 16.0. The van der Waals surface area contributed by atoms with Gasteiger partial charge in [0, 0.05) is 18.7 Å². The molecule has 0 aliphatic carbocycles. The third-order valence-corrected chi connectivity index (χ3v) is 4.74. The highest BCUT2D eigenvalue weighted by molar-refractivity contribution is 9.10. The monoisotopic (exact) mass is 374 g/mol. The molecule has 1 aliphatic heterocycles. The summed E-state index contributed by atoms with van der Waals surface area (Å²) in [6.45, 7) is 3.69. The maximum absolute atomic E-state index is 12.5. The Morgan fingerprint density at radius 3 is 2.74 bits per heavy atom. The number of hydrogen-bond donors (Lipinski definition) is 2. The van der Waals surface area contributed by atoms with Gasteiger partial charge in [-0.15, -0.1) is 0 Å². The summed E-state index contributed by atoms with van der Waals surface area (Å²) in [5.41, 5.74) is 4.20. The fourth-order valence-electron chi connectivity index (χ4n) is 2.75. The summed E-state index contributed by atoms with van der Waals surface area (Å²) in [6, 6.07) is 11.6. The van der Waals surface area contributed by atoms with Gasteiger partial charge in [-0.3, -0.25) is 4.79 Å². The molecule has 1 amide bonds. The standard InChI is InChI=1S/C18H19BrN2O2/c1-11(12-5-6-17(23-2)16(19)8-12)21-18(22)13-3-4-14-9-20-10-15(14)7-13/h3-8,11,20H,9-10H2,1-2H3,(H,21,22). The van der Waals surface area contributed by atoms with Gasteiger partial charge in [-0.1, -0.05) is 12.1 Å². The second kappa shape index (κ2) is 6.72. The SMILES string of the molecule is COc1ccc(C(C)NC(=O)c2ccc3c(c2)CNC3)cc1Br. The predicted molar refractivity (Wildman–Crippen MR) is 93.6 cm³/mol. The quantitative estimate of drug-likeness (QED) is 0.860. The minimum atomic E-state index is -0.0870. The summed E-state index contributed by atoms with van der Waals surface area (Å²) in [5.74, 6) is 0.720. The van der Waals surface area contributed by atoms with Crippen LogP contribution in [0.2, 0.25) is 0 Å². The van der Waals surface area contributed by atoms with E-state index < -0.39 is 0 Å². The van der Waals surface area contributed by atoms with Gasteiger partial charge in [0.2, 0.25) is 0 Å². The van der Waals surface area contributed by atoms with Crippen molar-refractivity contribution in [2.75, 3.05) is 7.11 Å². The zero-order valence-corrected chi connectivity index (χ0v) is 14.7. The van der Waals surface area contributed by atoms with E-state index in [0.29, 0.717) is 5.56 Å². The molecule has 0 aromatic heterocycles. The van der Waals surface area contributed by atoms with E-state index in [2.05, 4.69) is 26.6 Å². The van der Waals surface area contributed by atoms with Crippen LogP contribution in [0.5, 0.6) is 5.75 Å². The number of nitrogens with one attached hydrogen (secondary N) is 2. The van der Waals surface area contributed by atoms with Crippen molar-refractivity contribution in [3.8, 4) is 5.75 Å². The number of ether oxygens (including phenoxy) is 1. The molecule has 0 saturated carbocycles. The van der Waals surface area contributed by atoms with Gasteiger partial charge in [-0.2, -0.15) is 0 Å². The normalized spacial score (nSPS) is 14.2. The summed E-state index contributed by atoms with van der Waals surface area (Å²) < 4.78 is 6.11. The van der Waals surface area contributed by atoms with Gasteiger partial charge in [-0.05, 0) is 63.8 Å². The Bertz CT molecular complexity index is 746. The molecule has 1 aliphatic rings. The van der Waals surface area contributed by atoms with Gasteiger partial charge in [0.25, 0.3) is 5.91 Å². The fourth-order valence-corrected chi connectivity index (χ4v) is 3.31. The second-order valence-electron chi connectivity index (χ2n) is 5.68. The van der Waals surface area contributed by atoms with E-state index in [1.54, 1.807) is 7.11 Å². The molecule has 0 radical (unpaired) electrons. The van der Waals surface area contributed by atoms with Gasteiger partial charge in [0.05, 0.1) is 17.6 Å². The third-order valence-electron chi connectivity index (χ3n) is 4.12. The summed E-state index contributed by atoms with van der Waals surface area (Å²) >= 11 is 3.48. The number of rotatable bonds is 4. The van der Waals surface area contributed by atoms with E-state index in [1.807, 2.05) is 43.3 Å². The number of carbonyl (C=O) groups excluding carboxylic acids is 1. The van der Waals surface area contributed by atoms with Crippen LogP contribution in [0.4, 0.5) is 0 Å². The Morgan fingerprint density at radius 2 is 2.00 bits per heavy atom. The van der Waals surface area contributed by atoms with Crippen molar-refractivity contribution < 1.29 is 9.53 Å². The van der Waals surface area contributed by atoms with Crippen LogP contribution in [0.15, 0.2) is 40.9 Å². The van der Waals surface area contributed by atoms with Crippen LogP contribution in [0.1, 0.15) is 40.0 Å². The molecule has 5 heteroatoms. The van der Waals surface area contributed by atoms with Crippen LogP contribution < -0.4 is 15.4 Å². The van der Waals surface area contributed by atoms with Gasteiger partial charge in [-0.25, -0.2) is 0 Å². The molecule has 0 saturated heterocycles. The summed E-state index contributed by atoms with van der Waals surface area (Å²) in [7, 11) is 1.63. The van der Waals surface area contributed by atoms with Crippen LogP contribution in [-0.2, 0) is 13.1 Å². The highest BCUT2D eigenvalue weighted by Gasteiger charge is 2.16. The molecule has 0 bridgehead atoms. The van der Waals surface area contributed by atoms with Crippen LogP contribution in [0, 0.1) is 0 Å². The first-order valence-electron chi connectivity index (χ1n) is 7.55. The van der Waals surface area contributed by atoms with E-state index in [0.717, 1.165) is 28.9 Å². The number of amides is 1. The zero-order valence-electron chi connectivity index (χ0n) is 13.2. The average Bonchev–Trinajstić information content (AvgIpc) is 3.02. The number of fused-ring (bicyclic) bond motifs is 1. The second-order valence-corrected chi connectivity index (χ2v) is 6.53.